The maximum Gasteiger partial charge on any atom is 0.225 e. The minimum absolute atomic E-state index is 0.425. The third kappa shape index (κ3) is 1.63. The molecular weight excluding hydrogens is 226 g/mol. The van der Waals surface area contributed by atoms with Crippen LogP contribution in [0.5, 0.6) is 0 Å². The molecule has 0 aromatic carbocycles. The summed E-state index contributed by atoms with van der Waals surface area (Å²) in [6, 6.07) is 2.36. The lowest BCUT2D eigenvalue weighted by Crippen LogP contribution is -2.48. The number of hydrogen-bond donors (Lipinski definition) is 0. The summed E-state index contributed by atoms with van der Waals surface area (Å²) < 4.78 is 1.96. The van der Waals surface area contributed by atoms with E-state index >= 15 is 0 Å². The van der Waals surface area contributed by atoms with Crippen molar-refractivity contribution in [1.82, 2.24) is 19.7 Å². The number of rotatable bonds is 2. The summed E-state index contributed by atoms with van der Waals surface area (Å²) in [5.41, 5.74) is 0. The van der Waals surface area contributed by atoms with E-state index in [1.807, 2.05) is 16.9 Å². The van der Waals surface area contributed by atoms with E-state index in [1.54, 1.807) is 18.6 Å². The van der Waals surface area contributed by atoms with Crippen LogP contribution < -0.4 is 4.90 Å². The Hall–Kier alpha value is -1.62. The first-order valence-corrected chi connectivity index (χ1v) is 5.42. The smallest absolute Gasteiger partial charge is 0.225 e. The van der Waals surface area contributed by atoms with E-state index in [0.717, 1.165) is 19.0 Å². The summed E-state index contributed by atoms with van der Waals surface area (Å²) in [5.74, 6) is 0.729. The lowest BCUT2D eigenvalue weighted by molar-refractivity contribution is 0.363. The van der Waals surface area contributed by atoms with E-state index in [4.69, 9.17) is 11.6 Å². The van der Waals surface area contributed by atoms with Crippen LogP contribution in [0.25, 0.3) is 0 Å². The summed E-state index contributed by atoms with van der Waals surface area (Å²) in [6.07, 6.45) is 7.00. The average Bonchev–Trinajstić information content (AvgIpc) is 2.72. The second kappa shape index (κ2) is 3.75. The van der Waals surface area contributed by atoms with Crippen molar-refractivity contribution in [3.63, 3.8) is 0 Å². The molecule has 0 aliphatic carbocycles. The zero-order valence-corrected chi connectivity index (χ0v) is 9.25. The minimum atomic E-state index is 0.425. The van der Waals surface area contributed by atoms with Gasteiger partial charge in [0.05, 0.1) is 23.5 Å². The fourth-order valence-electron chi connectivity index (χ4n) is 1.75. The molecule has 6 heteroatoms. The molecule has 0 spiro atoms. The third-order valence-corrected chi connectivity index (χ3v) is 2.85. The van der Waals surface area contributed by atoms with E-state index in [0.29, 0.717) is 11.1 Å². The molecule has 16 heavy (non-hydrogen) atoms. The fraction of sp³-hybridized carbons (Fsp3) is 0.300. The maximum absolute atomic E-state index is 5.73. The first-order chi connectivity index (χ1) is 7.83. The van der Waals surface area contributed by atoms with Crippen LogP contribution in [0.2, 0.25) is 5.02 Å². The van der Waals surface area contributed by atoms with Crippen LogP contribution in [-0.2, 0) is 0 Å². The monoisotopic (exact) mass is 235 g/mol. The summed E-state index contributed by atoms with van der Waals surface area (Å²) in [4.78, 5) is 10.4. The van der Waals surface area contributed by atoms with Gasteiger partial charge in [0.1, 0.15) is 0 Å². The average molecular weight is 236 g/mol. The molecule has 1 aliphatic heterocycles. The highest BCUT2D eigenvalue weighted by atomic mass is 35.5. The normalized spacial score (nSPS) is 16.2. The van der Waals surface area contributed by atoms with Crippen molar-refractivity contribution >= 4 is 17.5 Å². The van der Waals surface area contributed by atoms with Crippen molar-refractivity contribution in [3.8, 4) is 0 Å². The largest absolute Gasteiger partial charge is 0.336 e. The number of anilines is 1. The molecule has 0 saturated carbocycles. The SMILES string of the molecule is Clc1cnc(N2CC(n3cccn3)C2)nc1. The second-order valence-corrected chi connectivity index (χ2v) is 4.18. The Balaban J connectivity index is 1.67. The van der Waals surface area contributed by atoms with Crippen molar-refractivity contribution in [2.24, 2.45) is 0 Å². The molecule has 0 radical (unpaired) electrons. The van der Waals surface area contributed by atoms with Crippen LogP contribution in [0.15, 0.2) is 30.9 Å². The van der Waals surface area contributed by atoms with Crippen molar-refractivity contribution < 1.29 is 0 Å². The summed E-state index contributed by atoms with van der Waals surface area (Å²) in [7, 11) is 0. The van der Waals surface area contributed by atoms with E-state index in [9.17, 15) is 0 Å². The van der Waals surface area contributed by atoms with Crippen molar-refractivity contribution in [2.45, 2.75) is 6.04 Å². The standard InChI is InChI=1S/C10H10ClN5/c11-8-4-12-10(13-5-8)15-6-9(7-15)16-3-1-2-14-16/h1-5,9H,6-7H2. The molecule has 2 aromatic heterocycles. The Kier molecular flexibility index (Phi) is 2.25. The van der Waals surface area contributed by atoms with Crippen molar-refractivity contribution in [1.29, 1.82) is 0 Å². The summed E-state index contributed by atoms with van der Waals surface area (Å²) in [5, 5.41) is 4.77. The Morgan fingerprint density at radius 2 is 2.00 bits per heavy atom. The number of aromatic nitrogens is 4. The molecule has 0 N–H and O–H groups in total. The minimum Gasteiger partial charge on any atom is -0.336 e. The molecule has 0 atom stereocenters. The predicted molar refractivity (Wildman–Crippen MR) is 60.5 cm³/mol. The zero-order valence-electron chi connectivity index (χ0n) is 8.49. The Labute approximate surface area is 97.7 Å². The topological polar surface area (TPSA) is 46.8 Å². The molecular formula is C10H10ClN5. The molecule has 3 heterocycles. The molecule has 0 bridgehead atoms. The molecule has 5 nitrogen and oxygen atoms in total. The molecule has 1 aliphatic rings. The maximum atomic E-state index is 5.73. The van der Waals surface area contributed by atoms with E-state index in [2.05, 4.69) is 20.0 Å². The Bertz CT molecular complexity index is 460. The molecule has 82 valence electrons. The lowest BCUT2D eigenvalue weighted by atomic mass is 10.1. The van der Waals surface area contributed by atoms with Gasteiger partial charge in [-0.05, 0) is 6.07 Å². The molecule has 0 amide bonds. The van der Waals surface area contributed by atoms with Gasteiger partial charge < -0.3 is 4.90 Å². The van der Waals surface area contributed by atoms with Crippen LogP contribution >= 0.6 is 11.6 Å². The highest BCUT2D eigenvalue weighted by Crippen LogP contribution is 2.24. The lowest BCUT2D eigenvalue weighted by Gasteiger charge is -2.39. The van der Waals surface area contributed by atoms with Crippen molar-refractivity contribution in [3.05, 3.63) is 35.9 Å². The van der Waals surface area contributed by atoms with Gasteiger partial charge in [0.2, 0.25) is 5.95 Å². The quantitative estimate of drug-likeness (QED) is 0.789. The van der Waals surface area contributed by atoms with Gasteiger partial charge in [0.15, 0.2) is 0 Å². The molecule has 1 saturated heterocycles. The van der Waals surface area contributed by atoms with Gasteiger partial charge in [-0.25, -0.2) is 9.97 Å². The number of hydrogen-bond acceptors (Lipinski definition) is 4. The number of halogens is 1. The van der Waals surface area contributed by atoms with Gasteiger partial charge >= 0.3 is 0 Å². The number of nitrogens with zero attached hydrogens (tertiary/aromatic N) is 5. The van der Waals surface area contributed by atoms with E-state index < -0.39 is 0 Å². The molecule has 2 aromatic rings. The first-order valence-electron chi connectivity index (χ1n) is 5.04. The van der Waals surface area contributed by atoms with E-state index in [-0.39, 0.29) is 0 Å². The van der Waals surface area contributed by atoms with Crippen LogP contribution in [0.1, 0.15) is 6.04 Å². The van der Waals surface area contributed by atoms with Gasteiger partial charge in [-0.15, -0.1) is 0 Å². The summed E-state index contributed by atoms with van der Waals surface area (Å²) in [6.45, 7) is 1.78. The molecule has 3 rings (SSSR count). The Morgan fingerprint density at radius 3 is 2.62 bits per heavy atom. The summed E-state index contributed by atoms with van der Waals surface area (Å²) >= 11 is 5.73. The van der Waals surface area contributed by atoms with Gasteiger partial charge in [-0.3, -0.25) is 4.68 Å². The van der Waals surface area contributed by atoms with Gasteiger partial charge in [0.25, 0.3) is 0 Å². The van der Waals surface area contributed by atoms with E-state index in [1.165, 1.54) is 0 Å². The highest BCUT2D eigenvalue weighted by molar-refractivity contribution is 6.30. The predicted octanol–water partition coefficient (Wildman–Crippen LogP) is 1.39. The second-order valence-electron chi connectivity index (χ2n) is 3.75. The van der Waals surface area contributed by atoms with Gasteiger partial charge in [0, 0.05) is 25.5 Å². The fourth-order valence-corrected chi connectivity index (χ4v) is 1.85. The highest BCUT2D eigenvalue weighted by Gasteiger charge is 2.30. The van der Waals surface area contributed by atoms with Crippen molar-refractivity contribution in [2.75, 3.05) is 18.0 Å². The molecule has 1 fully saturated rings. The van der Waals surface area contributed by atoms with Crippen LogP contribution in [0.4, 0.5) is 5.95 Å². The van der Waals surface area contributed by atoms with Crippen LogP contribution in [-0.4, -0.2) is 32.8 Å². The zero-order chi connectivity index (χ0) is 11.0. The molecule has 0 unspecified atom stereocenters. The van der Waals surface area contributed by atoms with Crippen LogP contribution in [0.3, 0.4) is 0 Å². The Morgan fingerprint density at radius 1 is 1.25 bits per heavy atom. The van der Waals surface area contributed by atoms with Gasteiger partial charge in [-0.2, -0.15) is 5.10 Å². The van der Waals surface area contributed by atoms with Crippen LogP contribution in [0, 0.1) is 0 Å². The third-order valence-electron chi connectivity index (χ3n) is 2.65. The van der Waals surface area contributed by atoms with Gasteiger partial charge in [-0.1, -0.05) is 11.6 Å². The first kappa shape index (κ1) is 9.59.